The highest BCUT2D eigenvalue weighted by Gasteiger charge is 2.33. The fourth-order valence-electron chi connectivity index (χ4n) is 4.44. The average molecular weight is 470 g/mol. The first kappa shape index (κ1) is 21.2. The van der Waals surface area contributed by atoms with Crippen molar-refractivity contribution in [2.24, 2.45) is 0 Å². The van der Waals surface area contributed by atoms with Crippen LogP contribution in [0.1, 0.15) is 40.6 Å². The number of H-pyrrole nitrogens is 1. The zero-order chi connectivity index (χ0) is 22.2. The number of anilines is 1. The molecule has 0 radical (unpaired) electrons. The number of carbonyl (C=O) groups excluding carboxylic acids is 1. The quantitative estimate of drug-likeness (QED) is 0.629. The minimum Gasteiger partial charge on any atom is -0.346 e. The van der Waals surface area contributed by atoms with Gasteiger partial charge in [0.25, 0.3) is 5.91 Å². The predicted octanol–water partition coefficient (Wildman–Crippen LogP) is 3.47. The molecule has 3 aromatic rings. The summed E-state index contributed by atoms with van der Waals surface area (Å²) in [6.45, 7) is 7.22. The van der Waals surface area contributed by atoms with E-state index in [1.165, 1.54) is 0 Å². The van der Waals surface area contributed by atoms with Gasteiger partial charge in [0.05, 0.1) is 33.2 Å². The normalized spacial score (nSPS) is 19.2. The molecule has 166 valence electrons. The topological polar surface area (TPSA) is 92.2 Å². The molecule has 1 fully saturated rings. The average Bonchev–Trinajstić information content (AvgIpc) is 3.44. The van der Waals surface area contributed by atoms with Crippen LogP contribution in [0, 0.1) is 11.3 Å². The van der Waals surface area contributed by atoms with E-state index in [9.17, 15) is 4.79 Å². The number of carbonyl (C=O) groups is 1. The van der Waals surface area contributed by atoms with Crippen LogP contribution in [-0.2, 0) is 6.42 Å². The first-order chi connectivity index (χ1) is 15.5. The summed E-state index contributed by atoms with van der Waals surface area (Å²) in [7, 11) is 0. The van der Waals surface area contributed by atoms with Gasteiger partial charge in [-0.1, -0.05) is 29.0 Å². The molecule has 32 heavy (non-hydrogen) atoms. The van der Waals surface area contributed by atoms with E-state index in [0.717, 1.165) is 60.4 Å². The summed E-state index contributed by atoms with van der Waals surface area (Å²) >= 11 is 7.92. The second-order valence-corrected chi connectivity index (χ2v) is 9.61. The minimum absolute atomic E-state index is 0.0573. The number of fused-ring (bicyclic) bond motifs is 2. The maximum absolute atomic E-state index is 13.3. The van der Waals surface area contributed by atoms with Crippen molar-refractivity contribution in [1.82, 2.24) is 24.8 Å². The Balaban J connectivity index is 1.31. The van der Waals surface area contributed by atoms with Crippen LogP contribution in [0.25, 0.3) is 11.0 Å². The van der Waals surface area contributed by atoms with E-state index >= 15 is 0 Å². The third kappa shape index (κ3) is 3.83. The highest BCUT2D eigenvalue weighted by atomic mass is 35.5. The molecule has 2 aromatic heterocycles. The lowest BCUT2D eigenvalue weighted by molar-refractivity contribution is 0.0669. The van der Waals surface area contributed by atoms with Crippen LogP contribution < -0.4 is 4.90 Å². The predicted molar refractivity (Wildman–Crippen MR) is 125 cm³/mol. The van der Waals surface area contributed by atoms with Gasteiger partial charge in [-0.25, -0.2) is 9.97 Å². The van der Waals surface area contributed by atoms with E-state index in [1.807, 2.05) is 17.0 Å². The number of hydrogen-bond donors (Lipinski definition) is 1. The van der Waals surface area contributed by atoms with Crippen molar-refractivity contribution in [3.05, 3.63) is 39.6 Å². The standard InChI is InChI=1S/C22H24ClN7OS/c1-14-19-17(26-22(32-19)29-12-10-28(11-13-29)8-3-7-24)6-9-30(14)21(31)20-25-16-5-2-4-15(23)18(16)27-20/h2,4-5,14H,3,6,8-13H2,1H3,(H,25,27)/t14-/m1/s1. The van der Waals surface area contributed by atoms with Gasteiger partial charge in [0.15, 0.2) is 11.0 Å². The fraction of sp³-hybridized carbons (Fsp3) is 0.455. The van der Waals surface area contributed by atoms with Crippen molar-refractivity contribution in [3.63, 3.8) is 0 Å². The molecule has 0 spiro atoms. The molecule has 1 amide bonds. The zero-order valence-corrected chi connectivity index (χ0v) is 19.4. The number of aromatic nitrogens is 3. The number of piperazine rings is 1. The molecule has 1 aromatic carbocycles. The maximum Gasteiger partial charge on any atom is 0.290 e. The Bertz CT molecular complexity index is 1190. The number of nitrogens with one attached hydrogen (secondary N) is 1. The molecule has 4 heterocycles. The maximum atomic E-state index is 13.3. The van der Waals surface area contributed by atoms with Gasteiger partial charge in [-0.2, -0.15) is 5.26 Å². The van der Waals surface area contributed by atoms with E-state index < -0.39 is 0 Å². The van der Waals surface area contributed by atoms with Gasteiger partial charge in [-0.15, -0.1) is 0 Å². The summed E-state index contributed by atoms with van der Waals surface area (Å²) in [6.07, 6.45) is 1.31. The van der Waals surface area contributed by atoms with Gasteiger partial charge < -0.3 is 14.8 Å². The largest absolute Gasteiger partial charge is 0.346 e. The van der Waals surface area contributed by atoms with Crippen LogP contribution in [-0.4, -0.2) is 69.9 Å². The Morgan fingerprint density at radius 3 is 2.84 bits per heavy atom. The fourth-order valence-corrected chi connectivity index (χ4v) is 5.88. The number of thiazole rings is 1. The molecule has 8 nitrogen and oxygen atoms in total. The van der Waals surface area contributed by atoms with Crippen molar-refractivity contribution in [3.8, 4) is 6.07 Å². The lowest BCUT2D eigenvalue weighted by Crippen LogP contribution is -2.46. The highest BCUT2D eigenvalue weighted by Crippen LogP contribution is 2.38. The first-order valence-electron chi connectivity index (χ1n) is 10.8. The summed E-state index contributed by atoms with van der Waals surface area (Å²) in [5, 5.41) is 10.4. The van der Waals surface area contributed by atoms with E-state index in [4.69, 9.17) is 21.8 Å². The van der Waals surface area contributed by atoms with Crippen LogP contribution in [0.15, 0.2) is 18.2 Å². The lowest BCUT2D eigenvalue weighted by Gasteiger charge is -2.34. The summed E-state index contributed by atoms with van der Waals surface area (Å²) in [5.74, 6) is 0.207. The second-order valence-electron chi connectivity index (χ2n) is 8.19. The van der Waals surface area contributed by atoms with Crippen molar-refractivity contribution < 1.29 is 4.79 Å². The van der Waals surface area contributed by atoms with Crippen LogP contribution in [0.3, 0.4) is 0 Å². The van der Waals surface area contributed by atoms with Gasteiger partial charge in [0.2, 0.25) is 0 Å². The Labute approximate surface area is 195 Å². The second kappa shape index (κ2) is 8.70. The Hall–Kier alpha value is -2.67. The zero-order valence-electron chi connectivity index (χ0n) is 17.8. The molecular formula is C22H24ClN7OS. The number of para-hydroxylation sites is 1. The third-order valence-corrected chi connectivity index (χ3v) is 7.90. The summed E-state index contributed by atoms with van der Waals surface area (Å²) in [4.78, 5) is 33.4. The molecule has 0 unspecified atom stereocenters. The molecule has 5 rings (SSSR count). The van der Waals surface area contributed by atoms with Crippen molar-refractivity contribution in [2.75, 3.05) is 44.2 Å². The Kier molecular flexibility index (Phi) is 5.76. The number of halogens is 1. The summed E-state index contributed by atoms with van der Waals surface area (Å²) in [5.41, 5.74) is 2.48. The van der Waals surface area contributed by atoms with Crippen molar-refractivity contribution >= 4 is 45.0 Å². The van der Waals surface area contributed by atoms with Gasteiger partial charge in [0, 0.05) is 52.1 Å². The SMILES string of the molecule is C[C@@H]1c2sc(N3CCN(CCC#N)CC3)nc2CCN1C(=O)c1nc2c(Cl)cccc2[nH]1. The molecule has 0 aliphatic carbocycles. The van der Waals surface area contributed by atoms with Crippen LogP contribution in [0.2, 0.25) is 5.02 Å². The van der Waals surface area contributed by atoms with Crippen LogP contribution in [0.4, 0.5) is 5.13 Å². The monoisotopic (exact) mass is 469 g/mol. The number of nitrogens with zero attached hydrogens (tertiary/aromatic N) is 6. The summed E-state index contributed by atoms with van der Waals surface area (Å²) < 4.78 is 0. The summed E-state index contributed by atoms with van der Waals surface area (Å²) in [6, 6.07) is 7.65. The Morgan fingerprint density at radius 2 is 2.09 bits per heavy atom. The third-order valence-electron chi connectivity index (χ3n) is 6.26. The molecule has 2 aliphatic rings. The number of amides is 1. The van der Waals surface area contributed by atoms with Crippen LogP contribution >= 0.6 is 22.9 Å². The Morgan fingerprint density at radius 1 is 1.28 bits per heavy atom. The highest BCUT2D eigenvalue weighted by molar-refractivity contribution is 7.15. The van der Waals surface area contributed by atoms with E-state index in [2.05, 4.69) is 32.8 Å². The number of nitriles is 1. The van der Waals surface area contributed by atoms with Gasteiger partial charge in [-0.05, 0) is 19.1 Å². The number of hydrogen-bond acceptors (Lipinski definition) is 7. The minimum atomic E-state index is -0.114. The van der Waals surface area contributed by atoms with Crippen molar-refractivity contribution in [2.45, 2.75) is 25.8 Å². The molecule has 1 N–H and O–H groups in total. The van der Waals surface area contributed by atoms with Gasteiger partial charge in [0.1, 0.15) is 5.52 Å². The molecule has 0 bridgehead atoms. The van der Waals surface area contributed by atoms with Gasteiger partial charge in [-0.3, -0.25) is 9.69 Å². The molecular weight excluding hydrogens is 446 g/mol. The number of benzene rings is 1. The van der Waals surface area contributed by atoms with Crippen molar-refractivity contribution in [1.29, 1.82) is 5.26 Å². The smallest absolute Gasteiger partial charge is 0.290 e. The number of imidazole rings is 1. The van der Waals surface area contributed by atoms with E-state index in [0.29, 0.717) is 29.3 Å². The lowest BCUT2D eigenvalue weighted by atomic mass is 10.1. The first-order valence-corrected chi connectivity index (χ1v) is 12.0. The molecule has 1 saturated heterocycles. The molecule has 2 aliphatic heterocycles. The number of aromatic amines is 1. The molecule has 1 atom stereocenters. The van der Waals surface area contributed by atoms with E-state index in [1.54, 1.807) is 17.4 Å². The van der Waals surface area contributed by atoms with Crippen LogP contribution in [0.5, 0.6) is 0 Å². The molecule has 10 heteroatoms. The number of rotatable bonds is 4. The molecule has 0 saturated carbocycles. The van der Waals surface area contributed by atoms with E-state index in [-0.39, 0.29) is 11.9 Å². The van der Waals surface area contributed by atoms with Gasteiger partial charge >= 0.3 is 0 Å².